The van der Waals surface area contributed by atoms with Gasteiger partial charge in [-0.2, -0.15) is 0 Å². The minimum absolute atomic E-state index is 0. The fraction of sp³-hybridized carbons (Fsp3) is 0.455. The standard InChI is InChI=1S/C22H32N4.2BrH/c1-5-11-23-13-15-25(19(23)3)17-21-9-7-8-10-22(21)18-26-16-14-24(12-6-2)20(26)4;;/h7-10,13-16H,5-6,11-12,17-18H2,1-4H3;2*1H/q+2;;. The van der Waals surface area contributed by atoms with E-state index in [-0.39, 0.29) is 34.0 Å². The van der Waals surface area contributed by atoms with Crippen molar-refractivity contribution in [2.75, 3.05) is 0 Å². The Bertz CT molecular complexity index is 796. The zero-order chi connectivity index (χ0) is 18.5. The highest BCUT2D eigenvalue weighted by atomic mass is 79.9. The van der Waals surface area contributed by atoms with Gasteiger partial charge in [-0.15, -0.1) is 34.0 Å². The summed E-state index contributed by atoms with van der Waals surface area (Å²) in [5, 5.41) is 0. The molecule has 0 saturated heterocycles. The molecule has 0 atom stereocenters. The average molecular weight is 514 g/mol. The van der Waals surface area contributed by atoms with Crippen LogP contribution in [0.2, 0.25) is 0 Å². The van der Waals surface area contributed by atoms with Crippen molar-refractivity contribution >= 4 is 34.0 Å². The fourth-order valence-corrected chi connectivity index (χ4v) is 3.61. The Kier molecular flexibility index (Phi) is 10.2. The van der Waals surface area contributed by atoms with Gasteiger partial charge < -0.3 is 0 Å². The molecular weight excluding hydrogens is 480 g/mol. The Morgan fingerprint density at radius 1 is 0.714 bits per heavy atom. The van der Waals surface area contributed by atoms with Crippen LogP contribution in [0.4, 0.5) is 0 Å². The van der Waals surface area contributed by atoms with Crippen LogP contribution in [-0.2, 0) is 26.2 Å². The van der Waals surface area contributed by atoms with Gasteiger partial charge in [0.25, 0.3) is 11.6 Å². The van der Waals surface area contributed by atoms with Crippen LogP contribution in [0.3, 0.4) is 0 Å². The van der Waals surface area contributed by atoms with Gasteiger partial charge in [0.2, 0.25) is 0 Å². The molecule has 0 aliphatic heterocycles. The first-order valence-electron chi connectivity index (χ1n) is 9.81. The zero-order valence-corrected chi connectivity index (χ0v) is 20.9. The highest BCUT2D eigenvalue weighted by Crippen LogP contribution is 2.10. The van der Waals surface area contributed by atoms with E-state index in [0.29, 0.717) is 0 Å². The molecule has 2 aromatic heterocycles. The van der Waals surface area contributed by atoms with E-state index in [0.717, 1.165) is 39.0 Å². The third kappa shape index (κ3) is 5.57. The highest BCUT2D eigenvalue weighted by molar-refractivity contribution is 8.93. The van der Waals surface area contributed by atoms with Crippen molar-refractivity contribution < 1.29 is 9.13 Å². The summed E-state index contributed by atoms with van der Waals surface area (Å²) >= 11 is 0. The molecule has 2 heterocycles. The smallest absolute Gasteiger partial charge is 0.234 e. The number of aryl methyl sites for hydroxylation is 2. The Labute approximate surface area is 190 Å². The molecule has 0 N–H and O–H groups in total. The second kappa shape index (κ2) is 11.6. The van der Waals surface area contributed by atoms with Crippen LogP contribution in [0.25, 0.3) is 0 Å². The monoisotopic (exact) mass is 512 g/mol. The number of imidazole rings is 2. The van der Waals surface area contributed by atoms with Gasteiger partial charge in [0, 0.05) is 25.0 Å². The Balaban J connectivity index is 0.00000196. The number of rotatable bonds is 8. The summed E-state index contributed by atoms with van der Waals surface area (Å²) in [6.45, 7) is 12.9. The molecule has 0 saturated carbocycles. The van der Waals surface area contributed by atoms with Crippen molar-refractivity contribution in [2.45, 2.75) is 66.7 Å². The van der Waals surface area contributed by atoms with E-state index in [9.17, 15) is 0 Å². The lowest BCUT2D eigenvalue weighted by Gasteiger charge is -2.08. The van der Waals surface area contributed by atoms with Crippen LogP contribution in [0.5, 0.6) is 0 Å². The summed E-state index contributed by atoms with van der Waals surface area (Å²) in [6, 6.07) is 8.82. The van der Waals surface area contributed by atoms with Crippen LogP contribution >= 0.6 is 34.0 Å². The van der Waals surface area contributed by atoms with E-state index in [2.05, 4.69) is 95.0 Å². The predicted molar refractivity (Wildman–Crippen MR) is 125 cm³/mol. The van der Waals surface area contributed by atoms with Gasteiger partial charge in [-0.05, 0) is 12.8 Å². The molecule has 3 aromatic rings. The summed E-state index contributed by atoms with van der Waals surface area (Å²) < 4.78 is 9.39. The SMILES string of the molecule is Br.Br.CCCn1cc[n+](Cc2ccccc2C[n+]2ccn(CCC)c2C)c1C. The number of aromatic nitrogens is 4. The number of hydrogen-bond donors (Lipinski definition) is 0. The van der Waals surface area contributed by atoms with E-state index in [1.54, 1.807) is 0 Å². The third-order valence-corrected chi connectivity index (χ3v) is 5.24. The minimum Gasteiger partial charge on any atom is -0.234 e. The van der Waals surface area contributed by atoms with Gasteiger partial charge in [0.1, 0.15) is 37.9 Å². The maximum Gasteiger partial charge on any atom is 0.253 e. The number of benzene rings is 1. The van der Waals surface area contributed by atoms with Crippen LogP contribution in [-0.4, -0.2) is 9.13 Å². The van der Waals surface area contributed by atoms with Gasteiger partial charge in [0.15, 0.2) is 0 Å². The first-order valence-corrected chi connectivity index (χ1v) is 9.81. The third-order valence-electron chi connectivity index (χ3n) is 5.24. The van der Waals surface area contributed by atoms with Crippen LogP contribution in [0.15, 0.2) is 49.1 Å². The first kappa shape index (κ1) is 24.6. The summed E-state index contributed by atoms with van der Waals surface area (Å²) in [5.74, 6) is 2.64. The molecule has 0 spiro atoms. The molecule has 28 heavy (non-hydrogen) atoms. The summed E-state index contributed by atoms with van der Waals surface area (Å²) in [6.07, 6.45) is 11.1. The van der Waals surface area contributed by atoms with Gasteiger partial charge >= 0.3 is 0 Å². The van der Waals surface area contributed by atoms with Crippen molar-refractivity contribution in [2.24, 2.45) is 0 Å². The van der Waals surface area contributed by atoms with Crippen molar-refractivity contribution in [3.63, 3.8) is 0 Å². The van der Waals surface area contributed by atoms with Gasteiger partial charge in [-0.25, -0.2) is 18.3 Å². The number of nitrogens with zero attached hydrogens (tertiary/aromatic N) is 4. The van der Waals surface area contributed by atoms with E-state index in [1.807, 2.05) is 0 Å². The normalized spacial score (nSPS) is 10.4. The van der Waals surface area contributed by atoms with Crippen LogP contribution in [0, 0.1) is 13.8 Å². The minimum atomic E-state index is 0. The van der Waals surface area contributed by atoms with E-state index < -0.39 is 0 Å². The summed E-state index contributed by atoms with van der Waals surface area (Å²) in [4.78, 5) is 0. The molecule has 0 aliphatic rings. The highest BCUT2D eigenvalue weighted by Gasteiger charge is 2.16. The van der Waals surface area contributed by atoms with Gasteiger partial charge in [-0.1, -0.05) is 38.1 Å². The molecule has 0 unspecified atom stereocenters. The Morgan fingerprint density at radius 2 is 1.11 bits per heavy atom. The summed E-state index contributed by atoms with van der Waals surface area (Å²) in [7, 11) is 0. The van der Waals surface area contributed by atoms with E-state index in [1.165, 1.54) is 22.8 Å². The second-order valence-corrected chi connectivity index (χ2v) is 7.10. The van der Waals surface area contributed by atoms with Gasteiger partial charge in [-0.3, -0.25) is 0 Å². The predicted octanol–water partition coefficient (Wildman–Crippen LogP) is 4.55. The lowest BCUT2D eigenvalue weighted by atomic mass is 10.1. The zero-order valence-electron chi connectivity index (χ0n) is 17.5. The molecule has 0 amide bonds. The maximum absolute atomic E-state index is 2.36. The van der Waals surface area contributed by atoms with Crippen molar-refractivity contribution in [3.05, 3.63) is 71.8 Å². The molecule has 3 rings (SSSR count). The lowest BCUT2D eigenvalue weighted by molar-refractivity contribution is -0.699. The quantitative estimate of drug-likeness (QED) is 0.393. The summed E-state index contributed by atoms with van der Waals surface area (Å²) in [5.41, 5.74) is 2.79. The van der Waals surface area contributed by atoms with E-state index >= 15 is 0 Å². The maximum atomic E-state index is 2.36. The van der Waals surface area contributed by atoms with Crippen molar-refractivity contribution in [1.82, 2.24) is 9.13 Å². The van der Waals surface area contributed by atoms with E-state index in [4.69, 9.17) is 0 Å². The van der Waals surface area contributed by atoms with Crippen molar-refractivity contribution in [3.8, 4) is 0 Å². The lowest BCUT2D eigenvalue weighted by Crippen LogP contribution is -2.39. The second-order valence-electron chi connectivity index (χ2n) is 7.10. The van der Waals surface area contributed by atoms with Crippen LogP contribution in [0.1, 0.15) is 49.5 Å². The number of hydrogen-bond acceptors (Lipinski definition) is 0. The largest absolute Gasteiger partial charge is 0.253 e. The first-order chi connectivity index (χ1) is 12.6. The molecular formula is C22H34Br2N4+2. The molecule has 154 valence electrons. The molecule has 0 radical (unpaired) electrons. The molecule has 0 bridgehead atoms. The number of halogens is 2. The Hall–Kier alpha value is -1.40. The molecule has 0 fully saturated rings. The van der Waals surface area contributed by atoms with Gasteiger partial charge in [0.05, 0.1) is 13.1 Å². The van der Waals surface area contributed by atoms with Crippen LogP contribution < -0.4 is 9.13 Å². The molecule has 1 aromatic carbocycles. The van der Waals surface area contributed by atoms with Crippen molar-refractivity contribution in [1.29, 1.82) is 0 Å². The molecule has 4 nitrogen and oxygen atoms in total. The fourth-order valence-electron chi connectivity index (χ4n) is 3.61. The molecule has 0 aliphatic carbocycles. The molecule has 6 heteroatoms. The average Bonchev–Trinajstić information content (AvgIpc) is 3.15. The Morgan fingerprint density at radius 3 is 1.46 bits per heavy atom. The topological polar surface area (TPSA) is 17.6 Å².